The van der Waals surface area contributed by atoms with Gasteiger partial charge in [0.05, 0.1) is 4.90 Å². The Balaban J connectivity index is 1.70. The number of rotatable bonds is 10. The quantitative estimate of drug-likeness (QED) is 0.264. The molecule has 6 nitrogen and oxygen atoms in total. The summed E-state index contributed by atoms with van der Waals surface area (Å²) in [5, 5.41) is 0. The molecule has 3 aromatic rings. The predicted octanol–water partition coefficient (Wildman–Crippen LogP) is 5.92. The highest BCUT2D eigenvalue weighted by Gasteiger charge is 2.31. The van der Waals surface area contributed by atoms with E-state index in [0.29, 0.717) is 24.3 Å². The number of aryl methyl sites for hydroxylation is 1. The van der Waals surface area contributed by atoms with Crippen LogP contribution in [0.3, 0.4) is 0 Å². The van der Waals surface area contributed by atoms with E-state index >= 15 is 0 Å². The number of carbonyl (C=O) groups is 1. The van der Waals surface area contributed by atoms with Crippen molar-refractivity contribution in [3.05, 3.63) is 90.5 Å². The molecule has 3 aromatic carbocycles. The van der Waals surface area contributed by atoms with Gasteiger partial charge in [-0.1, -0.05) is 48.5 Å². The van der Waals surface area contributed by atoms with E-state index in [2.05, 4.69) is 0 Å². The molecule has 0 unspecified atom stereocenters. The topological polar surface area (TPSA) is 78.9 Å². The molecule has 180 valence electrons. The molecule has 0 bridgehead atoms. The smallest absolute Gasteiger partial charge is 0.337 e. The third kappa shape index (κ3) is 8.01. The second-order valence-corrected chi connectivity index (χ2v) is 10.4. The Hall–Kier alpha value is -3.16. The number of carbonyl (C=O) groups excluding carboxylic acids is 1. The number of hydrogen-bond donors (Lipinski definition) is 0. The van der Waals surface area contributed by atoms with E-state index < -0.39 is 27.8 Å². The van der Waals surface area contributed by atoms with Crippen LogP contribution in [0.4, 0.5) is 0 Å². The van der Waals surface area contributed by atoms with E-state index in [1.165, 1.54) is 12.1 Å². The van der Waals surface area contributed by atoms with Crippen molar-refractivity contribution in [2.75, 3.05) is 0 Å². The van der Waals surface area contributed by atoms with Gasteiger partial charge in [-0.25, -0.2) is 4.79 Å². The zero-order chi connectivity index (χ0) is 24.6. The molecule has 1 atom stereocenters. The van der Waals surface area contributed by atoms with Gasteiger partial charge in [-0.15, -0.1) is 0 Å². The highest BCUT2D eigenvalue weighted by Crippen LogP contribution is 2.25. The summed E-state index contributed by atoms with van der Waals surface area (Å²) in [4.78, 5) is 12.7. The van der Waals surface area contributed by atoms with Gasteiger partial charge in [-0.3, -0.25) is 4.18 Å². The van der Waals surface area contributed by atoms with E-state index in [4.69, 9.17) is 13.7 Å². The van der Waals surface area contributed by atoms with Crippen molar-refractivity contribution in [2.24, 2.45) is 0 Å². The Bertz CT molecular complexity index is 1150. The van der Waals surface area contributed by atoms with Gasteiger partial charge in [-0.05, 0) is 82.0 Å². The monoisotopic (exact) mass is 482 g/mol. The molecule has 0 spiro atoms. The third-order valence-corrected chi connectivity index (χ3v) is 6.11. The fraction of sp³-hybridized carbons (Fsp3) is 0.296. The Morgan fingerprint density at radius 3 is 1.97 bits per heavy atom. The largest absolute Gasteiger partial charge is 0.458 e. The number of ether oxygens (including phenoxy) is 2. The minimum atomic E-state index is -4.20. The van der Waals surface area contributed by atoms with E-state index in [9.17, 15) is 13.2 Å². The summed E-state index contributed by atoms with van der Waals surface area (Å²) in [5.41, 5.74) is 0.334. The average Bonchev–Trinajstić information content (AvgIpc) is 2.79. The molecule has 7 heteroatoms. The van der Waals surface area contributed by atoms with Gasteiger partial charge < -0.3 is 9.47 Å². The molecule has 0 aliphatic heterocycles. The van der Waals surface area contributed by atoms with Gasteiger partial charge in [0.1, 0.15) is 17.1 Å². The SMILES string of the molecule is CC(C)(C)OC(=O)[C@@H](CCCc1ccccc1)OS(=O)(=O)c1ccc(Oc2ccccc2)cc1. The maximum atomic E-state index is 12.9. The second kappa shape index (κ2) is 11.3. The van der Waals surface area contributed by atoms with Crippen molar-refractivity contribution in [1.82, 2.24) is 0 Å². The Morgan fingerprint density at radius 1 is 0.824 bits per heavy atom. The first-order chi connectivity index (χ1) is 16.1. The van der Waals surface area contributed by atoms with Crippen molar-refractivity contribution < 1.29 is 26.9 Å². The average molecular weight is 483 g/mol. The van der Waals surface area contributed by atoms with Crippen LogP contribution in [0.15, 0.2) is 89.8 Å². The molecule has 0 saturated heterocycles. The molecule has 0 saturated carbocycles. The van der Waals surface area contributed by atoms with E-state index in [-0.39, 0.29) is 11.3 Å². The van der Waals surface area contributed by atoms with Crippen LogP contribution in [0.5, 0.6) is 11.5 Å². The first-order valence-corrected chi connectivity index (χ1v) is 12.6. The van der Waals surface area contributed by atoms with Crippen LogP contribution in [0, 0.1) is 0 Å². The summed E-state index contributed by atoms with van der Waals surface area (Å²) >= 11 is 0. The standard InChI is InChI=1S/C27H30O6S/c1-27(2,3)32-26(28)25(16-10-13-21-11-6-4-7-12-21)33-34(29,30)24-19-17-23(18-20-24)31-22-14-8-5-9-15-22/h4-9,11-12,14-15,17-20,25H,10,13,16H2,1-3H3/t25-/m1/s1. The first-order valence-electron chi connectivity index (χ1n) is 11.2. The van der Waals surface area contributed by atoms with Gasteiger partial charge in [0, 0.05) is 0 Å². The van der Waals surface area contributed by atoms with Crippen LogP contribution in [-0.2, 0) is 30.3 Å². The van der Waals surface area contributed by atoms with Gasteiger partial charge in [0.2, 0.25) is 0 Å². The summed E-state index contributed by atoms with van der Waals surface area (Å²) in [6.45, 7) is 5.18. The summed E-state index contributed by atoms with van der Waals surface area (Å²) < 4.78 is 42.4. The van der Waals surface area contributed by atoms with E-state index in [0.717, 1.165) is 5.56 Å². The van der Waals surface area contributed by atoms with Gasteiger partial charge in [-0.2, -0.15) is 8.42 Å². The van der Waals surface area contributed by atoms with Crippen LogP contribution < -0.4 is 4.74 Å². The molecule has 0 N–H and O–H groups in total. The Morgan fingerprint density at radius 2 is 1.38 bits per heavy atom. The zero-order valence-corrected chi connectivity index (χ0v) is 20.5. The summed E-state index contributed by atoms with van der Waals surface area (Å²) in [6, 6.07) is 24.8. The molecule has 0 fully saturated rings. The van der Waals surface area contributed by atoms with Crippen molar-refractivity contribution in [2.45, 2.75) is 56.6 Å². The van der Waals surface area contributed by atoms with Crippen molar-refractivity contribution in [3.63, 3.8) is 0 Å². The molecule has 34 heavy (non-hydrogen) atoms. The number of para-hydroxylation sites is 1. The van der Waals surface area contributed by atoms with Crippen LogP contribution in [-0.4, -0.2) is 26.1 Å². The molecule has 3 rings (SSSR count). The maximum absolute atomic E-state index is 12.9. The minimum Gasteiger partial charge on any atom is -0.458 e. The van der Waals surface area contributed by atoms with E-state index in [1.807, 2.05) is 48.5 Å². The lowest BCUT2D eigenvalue weighted by molar-refractivity contribution is -0.163. The Kier molecular flexibility index (Phi) is 8.47. The molecular weight excluding hydrogens is 452 g/mol. The van der Waals surface area contributed by atoms with Crippen LogP contribution in [0.1, 0.15) is 39.2 Å². The third-order valence-electron chi connectivity index (χ3n) is 4.78. The van der Waals surface area contributed by atoms with Crippen LogP contribution in [0.2, 0.25) is 0 Å². The summed E-state index contributed by atoms with van der Waals surface area (Å²) in [6.07, 6.45) is 0.217. The highest BCUT2D eigenvalue weighted by molar-refractivity contribution is 7.86. The molecule has 0 aliphatic rings. The first kappa shape index (κ1) is 25.5. The molecule has 0 amide bonds. The fourth-order valence-corrected chi connectivity index (χ4v) is 4.28. The lowest BCUT2D eigenvalue weighted by Crippen LogP contribution is -2.35. The number of esters is 1. The lowest BCUT2D eigenvalue weighted by Gasteiger charge is -2.24. The molecule has 0 heterocycles. The fourth-order valence-electron chi connectivity index (χ4n) is 3.22. The Labute approximate surface area is 201 Å². The summed E-state index contributed by atoms with van der Waals surface area (Å²) in [5.74, 6) is 0.419. The molecule has 0 aromatic heterocycles. The number of hydrogen-bond acceptors (Lipinski definition) is 6. The maximum Gasteiger partial charge on any atom is 0.337 e. The zero-order valence-electron chi connectivity index (χ0n) is 19.6. The van der Waals surface area contributed by atoms with Gasteiger partial charge >= 0.3 is 5.97 Å². The lowest BCUT2D eigenvalue weighted by atomic mass is 10.1. The molecule has 0 radical (unpaired) electrons. The highest BCUT2D eigenvalue weighted by atomic mass is 32.2. The minimum absolute atomic E-state index is 0.0653. The van der Waals surface area contributed by atoms with Crippen LogP contribution >= 0.6 is 0 Å². The van der Waals surface area contributed by atoms with Gasteiger partial charge in [0.25, 0.3) is 10.1 Å². The van der Waals surface area contributed by atoms with Crippen LogP contribution in [0.25, 0.3) is 0 Å². The van der Waals surface area contributed by atoms with Crippen molar-refractivity contribution in [1.29, 1.82) is 0 Å². The summed E-state index contributed by atoms with van der Waals surface area (Å²) in [7, 11) is -4.20. The molecular formula is C27H30O6S. The van der Waals surface area contributed by atoms with Crippen molar-refractivity contribution >= 4 is 16.1 Å². The van der Waals surface area contributed by atoms with Gasteiger partial charge in [0.15, 0.2) is 6.10 Å². The second-order valence-electron chi connectivity index (χ2n) is 8.84. The normalized spacial score (nSPS) is 12.7. The number of benzene rings is 3. The van der Waals surface area contributed by atoms with Crippen molar-refractivity contribution in [3.8, 4) is 11.5 Å². The predicted molar refractivity (Wildman–Crippen MR) is 130 cm³/mol. The molecule has 0 aliphatic carbocycles. The van der Waals surface area contributed by atoms with E-state index in [1.54, 1.807) is 45.0 Å².